The first-order valence-corrected chi connectivity index (χ1v) is 20.2. The van der Waals surface area contributed by atoms with Crippen molar-refractivity contribution in [2.75, 3.05) is 16.5 Å². The van der Waals surface area contributed by atoms with Crippen LogP contribution in [0.15, 0.2) is 152 Å². The Kier molecular flexibility index (Phi) is 8.50. The van der Waals surface area contributed by atoms with Crippen LogP contribution in [0.4, 0.5) is 22.7 Å². The van der Waals surface area contributed by atoms with Gasteiger partial charge in [-0.2, -0.15) is 46.8 Å². The number of para-hydroxylation sites is 4. The summed E-state index contributed by atoms with van der Waals surface area (Å²) in [6.07, 6.45) is 1.93. The maximum atomic E-state index is 4.93. The van der Waals surface area contributed by atoms with Crippen LogP contribution in [0, 0.1) is 19.1 Å². The van der Waals surface area contributed by atoms with Gasteiger partial charge in [-0.15, -0.1) is 11.5 Å². The molecule has 3 heterocycles. The van der Waals surface area contributed by atoms with Crippen LogP contribution in [0.5, 0.6) is 0 Å². The molecule has 2 aromatic heterocycles. The molecule has 0 saturated heterocycles. The summed E-state index contributed by atoms with van der Waals surface area (Å²) in [4.78, 5) is 9.69. The van der Waals surface area contributed by atoms with Gasteiger partial charge in [0, 0.05) is 17.4 Å². The maximum absolute atomic E-state index is 4.93. The van der Waals surface area contributed by atoms with E-state index >= 15 is 0 Å². The predicted molar refractivity (Wildman–Crippen MR) is 212 cm³/mol. The quantitative estimate of drug-likeness (QED) is 0.123. The molecule has 1 aliphatic heterocycles. The van der Waals surface area contributed by atoms with E-state index in [1.807, 2.05) is 6.20 Å². The molecule has 250 valence electrons. The normalized spacial score (nSPS) is 12.7. The number of aryl methyl sites for hydroxylation is 1. The number of nitrogens with zero attached hydrogens (tertiary/aromatic N) is 4. The molecule has 51 heavy (non-hydrogen) atoms. The first kappa shape index (κ1) is 32.9. The molecule has 0 amide bonds. The number of aromatic nitrogens is 2. The molecule has 0 N–H and O–H groups in total. The average molecular weight is 856 g/mol. The van der Waals surface area contributed by atoms with E-state index in [0.717, 1.165) is 34.8 Å². The molecule has 1 aliphatic rings. The Balaban J connectivity index is 0.00000374. The van der Waals surface area contributed by atoms with Crippen LogP contribution in [0.1, 0.15) is 5.56 Å². The van der Waals surface area contributed by atoms with Gasteiger partial charge in [0.1, 0.15) is 5.82 Å². The van der Waals surface area contributed by atoms with Gasteiger partial charge < -0.3 is 14.4 Å². The Hall–Kier alpha value is -5.22. The minimum Gasteiger partial charge on any atom is -0.345 e. The fourth-order valence-electron chi connectivity index (χ4n) is 7.47. The van der Waals surface area contributed by atoms with Gasteiger partial charge in [0.15, 0.2) is 0 Å². The van der Waals surface area contributed by atoms with E-state index in [-0.39, 0.29) is 21.1 Å². The van der Waals surface area contributed by atoms with Crippen molar-refractivity contribution in [2.45, 2.75) is 20.0 Å². The molecule has 0 fully saturated rings. The van der Waals surface area contributed by atoms with Gasteiger partial charge in [0.05, 0.1) is 26.1 Å². The summed E-state index contributed by atoms with van der Waals surface area (Å²) in [6, 6.07) is 59.9. The van der Waals surface area contributed by atoms with Crippen LogP contribution in [-0.2, 0) is 21.1 Å². The van der Waals surface area contributed by atoms with Crippen molar-refractivity contribution in [3.63, 3.8) is 0 Å². The monoisotopic (exact) mass is 855 g/mol. The third-order valence-corrected chi connectivity index (χ3v) is 13.5. The molecule has 9 rings (SSSR count). The topological polar surface area (TPSA) is 24.3 Å². The average Bonchev–Trinajstić information content (AvgIpc) is 3.72. The second-order valence-corrected chi connectivity index (χ2v) is 17.9. The molecule has 6 aromatic carbocycles. The molecular weight excluding hydrogens is 820 g/mol. The SMILES string of the molecule is Cc1ccccc1-c1ccnc(-n2c3[c-]c([Si](C)(C)c4[c-]c(N5CN(c6ccccc6)c6ccccc65)ccc4)ccc3c3ccccc32)c1.[Pt+2]. The van der Waals surface area contributed by atoms with Crippen LogP contribution in [0.25, 0.3) is 38.8 Å². The van der Waals surface area contributed by atoms with Crippen LogP contribution in [-0.4, -0.2) is 24.3 Å². The fraction of sp³-hybridized carbons (Fsp3) is 0.0889. The summed E-state index contributed by atoms with van der Waals surface area (Å²) in [5.41, 5.74) is 10.5. The minimum atomic E-state index is -2.26. The number of benzene rings is 6. The van der Waals surface area contributed by atoms with Crippen molar-refractivity contribution in [3.8, 4) is 16.9 Å². The maximum Gasteiger partial charge on any atom is 2.00 e. The van der Waals surface area contributed by atoms with Crippen LogP contribution < -0.4 is 20.2 Å². The zero-order valence-electron chi connectivity index (χ0n) is 28.7. The molecule has 4 nitrogen and oxygen atoms in total. The standard InChI is InChI=1S/C45H36N4Si.Pt/c1-32-14-7-8-19-38(32)33-26-27-46-45(28-33)49-41-21-10-9-20-39(41)40-25-24-37(30-44(40)49)50(2,3)36-18-13-17-35(29-36)48-31-47(34-15-5-4-6-16-34)42-22-11-12-23-43(42)48;/h4-28H,31H2,1-3H3;/q-2;+2. The van der Waals surface area contributed by atoms with Gasteiger partial charge in [-0.3, -0.25) is 0 Å². The van der Waals surface area contributed by atoms with Crippen molar-refractivity contribution >= 4 is 63.0 Å². The van der Waals surface area contributed by atoms with Crippen LogP contribution in [0.3, 0.4) is 0 Å². The number of hydrogen-bond acceptors (Lipinski definition) is 3. The molecular formula is C45H36N4PtSi. The zero-order valence-corrected chi connectivity index (χ0v) is 32.0. The number of anilines is 4. The summed E-state index contributed by atoms with van der Waals surface area (Å²) in [7, 11) is -2.26. The van der Waals surface area contributed by atoms with E-state index in [1.165, 1.54) is 49.3 Å². The Labute approximate surface area is 314 Å². The van der Waals surface area contributed by atoms with E-state index in [1.54, 1.807) is 0 Å². The summed E-state index contributed by atoms with van der Waals surface area (Å²) in [5.74, 6) is 0.897. The second kappa shape index (κ2) is 13.2. The Morgan fingerprint density at radius 1 is 0.627 bits per heavy atom. The molecule has 0 radical (unpaired) electrons. The summed E-state index contributed by atoms with van der Waals surface area (Å²) in [5, 5.41) is 4.88. The van der Waals surface area contributed by atoms with Gasteiger partial charge in [0.25, 0.3) is 0 Å². The molecule has 8 aromatic rings. The summed E-state index contributed by atoms with van der Waals surface area (Å²) < 4.78 is 2.29. The fourth-order valence-corrected chi connectivity index (χ4v) is 9.65. The summed E-state index contributed by atoms with van der Waals surface area (Å²) in [6.45, 7) is 7.73. The molecule has 0 saturated carbocycles. The molecule has 0 unspecified atom stereocenters. The first-order valence-electron chi connectivity index (χ1n) is 17.2. The molecule has 0 spiro atoms. The number of rotatable bonds is 6. The molecule has 0 atom stereocenters. The van der Waals surface area contributed by atoms with E-state index in [2.05, 4.69) is 192 Å². The van der Waals surface area contributed by atoms with Crippen molar-refractivity contribution < 1.29 is 21.1 Å². The first-order chi connectivity index (χ1) is 24.5. The zero-order chi connectivity index (χ0) is 33.8. The van der Waals surface area contributed by atoms with Gasteiger partial charge in [-0.1, -0.05) is 97.1 Å². The Bertz CT molecular complexity index is 2540. The van der Waals surface area contributed by atoms with E-state index < -0.39 is 8.07 Å². The Morgan fingerprint density at radius 3 is 2.16 bits per heavy atom. The number of hydrogen-bond donors (Lipinski definition) is 0. The second-order valence-electron chi connectivity index (χ2n) is 13.6. The van der Waals surface area contributed by atoms with Crippen LogP contribution >= 0.6 is 0 Å². The van der Waals surface area contributed by atoms with Gasteiger partial charge in [-0.05, 0) is 71.5 Å². The minimum absolute atomic E-state index is 0. The summed E-state index contributed by atoms with van der Waals surface area (Å²) >= 11 is 0. The number of fused-ring (bicyclic) bond motifs is 4. The van der Waals surface area contributed by atoms with Gasteiger partial charge >= 0.3 is 21.1 Å². The Morgan fingerprint density at radius 2 is 1.33 bits per heavy atom. The third kappa shape index (κ3) is 5.62. The van der Waals surface area contributed by atoms with Crippen LogP contribution in [0.2, 0.25) is 13.1 Å². The van der Waals surface area contributed by atoms with Crippen molar-refractivity contribution in [2.24, 2.45) is 0 Å². The third-order valence-electron chi connectivity index (χ3n) is 10.2. The number of pyridine rings is 1. The van der Waals surface area contributed by atoms with E-state index in [4.69, 9.17) is 4.98 Å². The molecule has 0 aliphatic carbocycles. The van der Waals surface area contributed by atoms with Crippen molar-refractivity contribution in [1.29, 1.82) is 0 Å². The van der Waals surface area contributed by atoms with Gasteiger partial charge in [0.2, 0.25) is 0 Å². The van der Waals surface area contributed by atoms with Crippen molar-refractivity contribution in [1.82, 2.24) is 9.55 Å². The van der Waals surface area contributed by atoms with Gasteiger partial charge in [-0.25, -0.2) is 4.98 Å². The van der Waals surface area contributed by atoms with E-state index in [0.29, 0.717) is 0 Å². The largest absolute Gasteiger partial charge is 2.00 e. The van der Waals surface area contributed by atoms with Crippen molar-refractivity contribution in [3.05, 3.63) is 169 Å². The smallest absolute Gasteiger partial charge is 0.345 e. The predicted octanol–water partition coefficient (Wildman–Crippen LogP) is 9.82. The van der Waals surface area contributed by atoms with E-state index in [9.17, 15) is 0 Å². The molecule has 0 bridgehead atoms. The molecule has 6 heteroatoms.